The highest BCUT2D eigenvalue weighted by Gasteiger charge is 2.22. The van der Waals surface area contributed by atoms with Crippen LogP contribution in [0.2, 0.25) is 0 Å². The number of hydrogen-bond donors (Lipinski definition) is 1. The fourth-order valence-corrected chi connectivity index (χ4v) is 3.26. The number of nitrogens with two attached hydrogens (primary N) is 1. The predicted molar refractivity (Wildman–Crippen MR) is 65.3 cm³/mol. The molecular weight excluding hydrogens is 220 g/mol. The van der Waals surface area contributed by atoms with Crippen molar-refractivity contribution in [2.45, 2.75) is 24.6 Å². The van der Waals surface area contributed by atoms with Crippen molar-refractivity contribution in [3.05, 3.63) is 29.7 Å². The van der Waals surface area contributed by atoms with E-state index in [1.165, 1.54) is 18.6 Å². The summed E-state index contributed by atoms with van der Waals surface area (Å²) in [6, 6.07) is 3.98. The number of fused-ring (bicyclic) bond motifs is 1. The van der Waals surface area contributed by atoms with Crippen LogP contribution in [0.5, 0.6) is 0 Å². The molecule has 0 amide bonds. The molecule has 2 aromatic heterocycles. The van der Waals surface area contributed by atoms with Crippen LogP contribution in [0.15, 0.2) is 18.3 Å². The normalized spacial score (nSPS) is 20.7. The molecule has 16 heavy (non-hydrogen) atoms. The van der Waals surface area contributed by atoms with Crippen LogP contribution in [0.25, 0.3) is 5.65 Å². The molecule has 1 unspecified atom stereocenters. The number of hydrogen-bond acceptors (Lipinski definition) is 4. The Morgan fingerprint density at radius 2 is 2.50 bits per heavy atom. The third-order valence-electron chi connectivity index (χ3n) is 2.90. The minimum Gasteiger partial charge on any atom is -0.326 e. The molecule has 0 spiro atoms. The fourth-order valence-electron chi connectivity index (χ4n) is 2.05. The number of pyridine rings is 1. The number of thioether (sulfide) groups is 1. The van der Waals surface area contributed by atoms with Crippen LogP contribution in [0.1, 0.15) is 29.5 Å². The molecular formula is C11H14N4S. The molecule has 3 rings (SSSR count). The number of aromatic nitrogens is 3. The van der Waals surface area contributed by atoms with Crippen LogP contribution >= 0.6 is 11.8 Å². The molecule has 2 N–H and O–H groups in total. The number of nitrogens with zero attached hydrogens (tertiary/aromatic N) is 3. The monoisotopic (exact) mass is 234 g/mol. The molecule has 1 aliphatic heterocycles. The van der Waals surface area contributed by atoms with E-state index in [0.717, 1.165) is 17.0 Å². The summed E-state index contributed by atoms with van der Waals surface area (Å²) >= 11 is 1.95. The number of rotatable bonds is 2. The Labute approximate surface area is 98.2 Å². The molecule has 84 valence electrons. The van der Waals surface area contributed by atoms with Crippen LogP contribution in [-0.4, -0.2) is 20.4 Å². The van der Waals surface area contributed by atoms with Crippen molar-refractivity contribution in [2.75, 3.05) is 5.75 Å². The van der Waals surface area contributed by atoms with Crippen LogP contribution < -0.4 is 5.73 Å². The minimum atomic E-state index is 0.477. The summed E-state index contributed by atoms with van der Waals surface area (Å²) in [5.74, 6) is 2.19. The Kier molecular flexibility index (Phi) is 2.57. The van der Waals surface area contributed by atoms with Crippen molar-refractivity contribution in [1.82, 2.24) is 14.6 Å². The zero-order valence-electron chi connectivity index (χ0n) is 8.97. The fraction of sp³-hybridized carbons (Fsp3) is 0.455. The smallest absolute Gasteiger partial charge is 0.164 e. The Hall–Kier alpha value is -1.07. The summed E-state index contributed by atoms with van der Waals surface area (Å²) in [6.07, 6.45) is 4.40. The van der Waals surface area contributed by atoms with Gasteiger partial charge in [-0.3, -0.25) is 0 Å². The lowest BCUT2D eigenvalue weighted by molar-refractivity contribution is 0.770. The maximum absolute atomic E-state index is 5.69. The van der Waals surface area contributed by atoms with Gasteiger partial charge in [0.25, 0.3) is 0 Å². The van der Waals surface area contributed by atoms with Gasteiger partial charge in [-0.2, -0.15) is 16.9 Å². The highest BCUT2D eigenvalue weighted by Crippen LogP contribution is 2.38. The van der Waals surface area contributed by atoms with Crippen LogP contribution in [0.3, 0.4) is 0 Å². The summed E-state index contributed by atoms with van der Waals surface area (Å²) in [6.45, 7) is 0.514. The van der Waals surface area contributed by atoms with E-state index in [0.29, 0.717) is 11.8 Å². The Balaban J connectivity index is 2.07. The molecule has 5 heteroatoms. The highest BCUT2D eigenvalue weighted by atomic mass is 32.2. The summed E-state index contributed by atoms with van der Waals surface area (Å²) < 4.78 is 1.84. The lowest BCUT2D eigenvalue weighted by atomic mass is 10.2. The minimum absolute atomic E-state index is 0.477. The van der Waals surface area contributed by atoms with E-state index in [1.54, 1.807) is 0 Å². The maximum atomic E-state index is 5.69. The molecule has 4 nitrogen and oxygen atoms in total. The average Bonchev–Trinajstić information content (AvgIpc) is 2.96. The van der Waals surface area contributed by atoms with Gasteiger partial charge in [-0.15, -0.1) is 0 Å². The van der Waals surface area contributed by atoms with Gasteiger partial charge in [0.15, 0.2) is 11.5 Å². The SMILES string of the molecule is NCc1cccn2nc(C3CCCS3)nc12. The summed E-state index contributed by atoms with van der Waals surface area (Å²) in [5.41, 5.74) is 7.66. The third kappa shape index (κ3) is 1.60. The van der Waals surface area contributed by atoms with E-state index < -0.39 is 0 Å². The molecule has 1 atom stereocenters. The van der Waals surface area contributed by atoms with Crippen LogP contribution in [0.4, 0.5) is 0 Å². The molecule has 2 aromatic rings. The summed E-state index contributed by atoms with van der Waals surface area (Å²) in [4.78, 5) is 4.62. The van der Waals surface area contributed by atoms with E-state index in [2.05, 4.69) is 10.1 Å². The van der Waals surface area contributed by atoms with E-state index >= 15 is 0 Å². The second-order valence-electron chi connectivity index (χ2n) is 3.98. The standard InChI is InChI=1S/C11H14N4S/c12-7-8-3-1-5-15-11(8)13-10(14-15)9-4-2-6-16-9/h1,3,5,9H,2,4,6-7,12H2. The van der Waals surface area contributed by atoms with E-state index in [4.69, 9.17) is 5.73 Å². The first-order chi connectivity index (χ1) is 7.88. The van der Waals surface area contributed by atoms with Crippen molar-refractivity contribution in [1.29, 1.82) is 0 Å². The van der Waals surface area contributed by atoms with Gasteiger partial charge in [0.2, 0.25) is 0 Å². The Bertz CT molecular complexity index is 502. The van der Waals surface area contributed by atoms with Crippen molar-refractivity contribution in [2.24, 2.45) is 5.73 Å². The summed E-state index contributed by atoms with van der Waals surface area (Å²) in [7, 11) is 0. The lowest BCUT2D eigenvalue weighted by Gasteiger charge is -1.99. The Morgan fingerprint density at radius 3 is 3.25 bits per heavy atom. The lowest BCUT2D eigenvalue weighted by Crippen LogP contribution is -1.99. The van der Waals surface area contributed by atoms with E-state index in [9.17, 15) is 0 Å². The molecule has 0 aromatic carbocycles. The third-order valence-corrected chi connectivity index (χ3v) is 4.27. The van der Waals surface area contributed by atoms with Crippen LogP contribution in [0, 0.1) is 0 Å². The van der Waals surface area contributed by atoms with Crippen LogP contribution in [-0.2, 0) is 6.54 Å². The van der Waals surface area contributed by atoms with Gasteiger partial charge in [-0.1, -0.05) is 6.07 Å². The maximum Gasteiger partial charge on any atom is 0.164 e. The van der Waals surface area contributed by atoms with Gasteiger partial charge in [0.05, 0.1) is 5.25 Å². The van der Waals surface area contributed by atoms with Gasteiger partial charge in [0.1, 0.15) is 0 Å². The van der Waals surface area contributed by atoms with Crippen molar-refractivity contribution in [3.8, 4) is 0 Å². The molecule has 1 saturated heterocycles. The predicted octanol–water partition coefficient (Wildman–Crippen LogP) is 1.76. The highest BCUT2D eigenvalue weighted by molar-refractivity contribution is 7.99. The first-order valence-corrected chi connectivity index (χ1v) is 6.59. The van der Waals surface area contributed by atoms with Gasteiger partial charge in [0, 0.05) is 18.3 Å². The molecule has 1 aliphatic rings. The van der Waals surface area contributed by atoms with E-state index in [1.807, 2.05) is 34.6 Å². The van der Waals surface area contributed by atoms with E-state index in [-0.39, 0.29) is 0 Å². The zero-order valence-corrected chi connectivity index (χ0v) is 9.78. The quantitative estimate of drug-likeness (QED) is 0.860. The molecule has 1 fully saturated rings. The van der Waals surface area contributed by atoms with Gasteiger partial charge >= 0.3 is 0 Å². The molecule has 3 heterocycles. The van der Waals surface area contributed by atoms with Gasteiger partial charge in [-0.25, -0.2) is 9.50 Å². The molecule has 0 radical (unpaired) electrons. The van der Waals surface area contributed by atoms with Gasteiger partial charge < -0.3 is 5.73 Å². The largest absolute Gasteiger partial charge is 0.326 e. The topological polar surface area (TPSA) is 56.2 Å². The second-order valence-corrected chi connectivity index (χ2v) is 5.29. The summed E-state index contributed by atoms with van der Waals surface area (Å²) in [5, 5.41) is 5.01. The first-order valence-electron chi connectivity index (χ1n) is 5.54. The van der Waals surface area contributed by atoms with Crippen molar-refractivity contribution in [3.63, 3.8) is 0 Å². The zero-order chi connectivity index (χ0) is 11.0. The van der Waals surface area contributed by atoms with Gasteiger partial charge in [-0.05, 0) is 24.7 Å². The molecule has 0 aliphatic carbocycles. The Morgan fingerprint density at radius 1 is 1.56 bits per heavy atom. The first kappa shape index (κ1) is 10.1. The molecule has 0 saturated carbocycles. The van der Waals surface area contributed by atoms with Crippen molar-refractivity contribution >= 4 is 17.4 Å². The average molecular weight is 234 g/mol. The molecule has 0 bridgehead atoms. The second kappa shape index (κ2) is 4.07. The van der Waals surface area contributed by atoms with Crippen molar-refractivity contribution < 1.29 is 0 Å².